The first-order chi connectivity index (χ1) is 6.13. The molecule has 13 heavy (non-hydrogen) atoms. The summed E-state index contributed by atoms with van der Waals surface area (Å²) in [5.41, 5.74) is 5.78. The van der Waals surface area contributed by atoms with Crippen LogP contribution in [0.1, 0.15) is 20.3 Å². The molecule has 0 aromatic carbocycles. The van der Waals surface area contributed by atoms with Gasteiger partial charge in [-0.05, 0) is 12.3 Å². The van der Waals surface area contributed by atoms with Crippen LogP contribution in [0.15, 0.2) is 12.2 Å². The van der Waals surface area contributed by atoms with Crippen molar-refractivity contribution in [3.05, 3.63) is 12.2 Å². The summed E-state index contributed by atoms with van der Waals surface area (Å²) in [5, 5.41) is 0. The van der Waals surface area contributed by atoms with E-state index in [-0.39, 0.29) is 17.9 Å². The average molecular weight is 182 g/mol. The van der Waals surface area contributed by atoms with Gasteiger partial charge in [0.05, 0.1) is 6.04 Å². The molecule has 0 aliphatic carbocycles. The molecule has 0 aromatic heterocycles. The van der Waals surface area contributed by atoms with Crippen LogP contribution in [0.3, 0.4) is 0 Å². The van der Waals surface area contributed by atoms with Crippen LogP contribution in [0.4, 0.5) is 0 Å². The fourth-order valence-corrected chi connectivity index (χ4v) is 1.34. The van der Waals surface area contributed by atoms with Crippen LogP contribution in [-0.2, 0) is 4.79 Å². The fourth-order valence-electron chi connectivity index (χ4n) is 1.34. The monoisotopic (exact) mass is 182 g/mol. The van der Waals surface area contributed by atoms with Gasteiger partial charge in [0.25, 0.3) is 0 Å². The van der Waals surface area contributed by atoms with Gasteiger partial charge in [-0.2, -0.15) is 0 Å². The Kier molecular flexibility index (Phi) is 3.48. The number of amides is 1. The lowest BCUT2D eigenvalue weighted by Gasteiger charge is -2.27. The molecule has 0 radical (unpaired) electrons. The predicted octanol–water partition coefficient (Wildman–Crippen LogP) is 0.758. The molecule has 0 saturated heterocycles. The third kappa shape index (κ3) is 2.56. The molecular formula is C10H18N2O. The van der Waals surface area contributed by atoms with E-state index < -0.39 is 0 Å². The van der Waals surface area contributed by atoms with Crippen LogP contribution in [0.2, 0.25) is 0 Å². The second kappa shape index (κ2) is 4.42. The smallest absolute Gasteiger partial charge is 0.240 e. The number of hydrogen-bond acceptors (Lipinski definition) is 2. The molecule has 2 N–H and O–H groups in total. The summed E-state index contributed by atoms with van der Waals surface area (Å²) < 4.78 is 0. The third-order valence-corrected chi connectivity index (χ3v) is 2.37. The molecule has 1 amide bonds. The molecule has 74 valence electrons. The van der Waals surface area contributed by atoms with Gasteiger partial charge in [-0.1, -0.05) is 26.0 Å². The van der Waals surface area contributed by atoms with Gasteiger partial charge in [-0.3, -0.25) is 4.79 Å². The van der Waals surface area contributed by atoms with Gasteiger partial charge in [0.1, 0.15) is 0 Å². The SMILES string of the molecule is CC(C)[C@H](N)C(=O)N1CC=CCC1. The molecule has 0 spiro atoms. The first-order valence-corrected chi connectivity index (χ1v) is 4.82. The van der Waals surface area contributed by atoms with Crippen molar-refractivity contribution in [2.75, 3.05) is 13.1 Å². The summed E-state index contributed by atoms with van der Waals surface area (Å²) in [5.74, 6) is 0.303. The maximum Gasteiger partial charge on any atom is 0.240 e. The fraction of sp³-hybridized carbons (Fsp3) is 0.700. The standard InChI is InChI=1S/C10H18N2O/c1-8(2)9(11)10(13)12-6-4-3-5-7-12/h3-4,8-9H,5-7,11H2,1-2H3/t9-/m0/s1. The van der Waals surface area contributed by atoms with Crippen molar-refractivity contribution >= 4 is 5.91 Å². The number of rotatable bonds is 2. The van der Waals surface area contributed by atoms with Crippen molar-refractivity contribution in [1.29, 1.82) is 0 Å². The zero-order valence-electron chi connectivity index (χ0n) is 8.36. The zero-order valence-corrected chi connectivity index (χ0v) is 8.36. The van der Waals surface area contributed by atoms with E-state index in [0.717, 1.165) is 19.5 Å². The van der Waals surface area contributed by atoms with E-state index in [9.17, 15) is 4.79 Å². The highest BCUT2D eigenvalue weighted by atomic mass is 16.2. The Bertz CT molecular complexity index is 211. The highest BCUT2D eigenvalue weighted by Crippen LogP contribution is 2.07. The normalized spacial score (nSPS) is 19.2. The van der Waals surface area contributed by atoms with Crippen LogP contribution in [-0.4, -0.2) is 29.9 Å². The highest BCUT2D eigenvalue weighted by Gasteiger charge is 2.22. The maximum absolute atomic E-state index is 11.7. The van der Waals surface area contributed by atoms with E-state index >= 15 is 0 Å². The van der Waals surface area contributed by atoms with Gasteiger partial charge in [0, 0.05) is 13.1 Å². The number of nitrogens with zero attached hydrogens (tertiary/aromatic N) is 1. The van der Waals surface area contributed by atoms with Gasteiger partial charge in [-0.25, -0.2) is 0 Å². The number of nitrogens with two attached hydrogens (primary N) is 1. The third-order valence-electron chi connectivity index (χ3n) is 2.37. The molecule has 3 heteroatoms. The van der Waals surface area contributed by atoms with Gasteiger partial charge in [-0.15, -0.1) is 0 Å². The van der Waals surface area contributed by atoms with Gasteiger partial charge in [0.15, 0.2) is 0 Å². The van der Waals surface area contributed by atoms with Gasteiger partial charge in [0.2, 0.25) is 5.91 Å². The molecular weight excluding hydrogens is 164 g/mol. The summed E-state index contributed by atoms with van der Waals surface area (Å²) in [6, 6.07) is -0.341. The Balaban J connectivity index is 2.51. The van der Waals surface area contributed by atoms with Crippen molar-refractivity contribution in [2.45, 2.75) is 26.3 Å². The first kappa shape index (κ1) is 10.3. The molecule has 0 aromatic rings. The predicted molar refractivity (Wildman–Crippen MR) is 53.2 cm³/mol. The number of carbonyl (C=O) groups excluding carboxylic acids is 1. The Hall–Kier alpha value is -0.830. The van der Waals surface area contributed by atoms with E-state index in [1.165, 1.54) is 0 Å². The average Bonchev–Trinajstić information content (AvgIpc) is 2.17. The lowest BCUT2D eigenvalue weighted by Crippen LogP contribution is -2.47. The summed E-state index contributed by atoms with van der Waals surface area (Å²) in [4.78, 5) is 13.5. The quantitative estimate of drug-likeness (QED) is 0.641. The maximum atomic E-state index is 11.7. The van der Waals surface area contributed by atoms with Crippen LogP contribution in [0.25, 0.3) is 0 Å². The summed E-state index contributed by atoms with van der Waals surface area (Å²) in [6.45, 7) is 5.49. The second-order valence-electron chi connectivity index (χ2n) is 3.81. The van der Waals surface area contributed by atoms with Crippen LogP contribution in [0, 0.1) is 5.92 Å². The molecule has 0 bridgehead atoms. The Morgan fingerprint density at radius 2 is 2.15 bits per heavy atom. The van der Waals surface area contributed by atoms with Gasteiger partial charge < -0.3 is 10.6 Å². The first-order valence-electron chi connectivity index (χ1n) is 4.82. The van der Waals surface area contributed by atoms with Crippen molar-refractivity contribution < 1.29 is 4.79 Å². The largest absolute Gasteiger partial charge is 0.337 e. The molecule has 1 rings (SSSR count). The summed E-state index contributed by atoms with van der Waals surface area (Å²) >= 11 is 0. The van der Waals surface area contributed by atoms with Crippen LogP contribution >= 0.6 is 0 Å². The molecule has 1 aliphatic heterocycles. The zero-order chi connectivity index (χ0) is 9.84. The molecule has 1 atom stereocenters. The van der Waals surface area contributed by atoms with Crippen LogP contribution in [0.5, 0.6) is 0 Å². The van der Waals surface area contributed by atoms with E-state index in [4.69, 9.17) is 5.73 Å². The molecule has 1 aliphatic rings. The molecule has 0 saturated carbocycles. The molecule has 1 heterocycles. The number of hydrogen-bond donors (Lipinski definition) is 1. The van der Waals surface area contributed by atoms with E-state index in [1.807, 2.05) is 24.8 Å². The van der Waals surface area contributed by atoms with Crippen molar-refractivity contribution in [3.8, 4) is 0 Å². The lowest BCUT2D eigenvalue weighted by molar-refractivity contribution is -0.133. The van der Waals surface area contributed by atoms with Gasteiger partial charge >= 0.3 is 0 Å². The second-order valence-corrected chi connectivity index (χ2v) is 3.81. The van der Waals surface area contributed by atoms with Crippen molar-refractivity contribution in [3.63, 3.8) is 0 Å². The summed E-state index contributed by atoms with van der Waals surface area (Å²) in [6.07, 6.45) is 5.08. The minimum Gasteiger partial charge on any atom is -0.337 e. The number of carbonyl (C=O) groups is 1. The summed E-state index contributed by atoms with van der Waals surface area (Å²) in [7, 11) is 0. The Morgan fingerprint density at radius 1 is 1.46 bits per heavy atom. The van der Waals surface area contributed by atoms with Crippen molar-refractivity contribution in [1.82, 2.24) is 4.90 Å². The minimum absolute atomic E-state index is 0.0827. The Labute approximate surface area is 79.6 Å². The van der Waals surface area contributed by atoms with E-state index in [1.54, 1.807) is 0 Å². The molecule has 3 nitrogen and oxygen atoms in total. The molecule has 0 unspecified atom stereocenters. The van der Waals surface area contributed by atoms with E-state index in [0.29, 0.717) is 0 Å². The molecule has 0 fully saturated rings. The Morgan fingerprint density at radius 3 is 2.62 bits per heavy atom. The van der Waals surface area contributed by atoms with Crippen LogP contribution < -0.4 is 5.73 Å². The topological polar surface area (TPSA) is 46.3 Å². The lowest BCUT2D eigenvalue weighted by atomic mass is 10.0. The minimum atomic E-state index is -0.341. The highest BCUT2D eigenvalue weighted by molar-refractivity contribution is 5.82. The van der Waals surface area contributed by atoms with E-state index in [2.05, 4.69) is 6.08 Å². The van der Waals surface area contributed by atoms with Crippen molar-refractivity contribution in [2.24, 2.45) is 11.7 Å².